The van der Waals surface area contributed by atoms with Crippen LogP contribution in [-0.4, -0.2) is 28.4 Å². The maximum Gasteiger partial charge on any atom is 0.345 e. The molecule has 27 heavy (non-hydrogen) atoms. The summed E-state index contributed by atoms with van der Waals surface area (Å²) in [6.45, 7) is 2.60. The summed E-state index contributed by atoms with van der Waals surface area (Å²) >= 11 is 1.57. The van der Waals surface area contributed by atoms with Crippen LogP contribution in [0.2, 0.25) is 0 Å². The zero-order chi connectivity index (χ0) is 19.0. The minimum absolute atomic E-state index is 0.174. The zero-order valence-electron chi connectivity index (χ0n) is 14.6. The van der Waals surface area contributed by atoms with Gasteiger partial charge in [0, 0.05) is 22.6 Å². The first-order valence-corrected chi connectivity index (χ1v) is 9.47. The van der Waals surface area contributed by atoms with Crippen molar-refractivity contribution >= 4 is 28.8 Å². The Labute approximate surface area is 160 Å². The number of carbonyl (C=O) groups is 2. The van der Waals surface area contributed by atoms with Crippen molar-refractivity contribution in [3.8, 4) is 21.8 Å². The maximum atomic E-state index is 12.5. The highest BCUT2D eigenvalue weighted by Crippen LogP contribution is 2.31. The molecule has 0 amide bonds. The lowest BCUT2D eigenvalue weighted by molar-refractivity contribution is -0.773. The summed E-state index contributed by atoms with van der Waals surface area (Å²) in [5, 5.41) is 12.2. The predicted molar refractivity (Wildman–Crippen MR) is 104 cm³/mol. The van der Waals surface area contributed by atoms with Gasteiger partial charge in [0.1, 0.15) is 16.9 Å². The minimum atomic E-state index is -1.19. The van der Waals surface area contributed by atoms with Gasteiger partial charge < -0.3 is 5.11 Å². The molecule has 0 saturated heterocycles. The first kappa shape index (κ1) is 17.3. The van der Waals surface area contributed by atoms with Crippen molar-refractivity contribution in [2.24, 2.45) is 0 Å². The van der Waals surface area contributed by atoms with Crippen LogP contribution in [0.4, 0.5) is 5.69 Å². The lowest BCUT2D eigenvalue weighted by Gasteiger charge is -2.21. The lowest BCUT2D eigenvalue weighted by atomic mass is 9.96. The lowest BCUT2D eigenvalue weighted by Crippen LogP contribution is -3.03. The SMILES string of the molecule is CC[NH+]1C=C(C(=O)O)C(=O)c2ccc(-c3csc(-c4ccccc4)n3)cc21. The average Bonchev–Trinajstić information content (AvgIpc) is 3.19. The van der Waals surface area contributed by atoms with Gasteiger partial charge in [-0.3, -0.25) is 9.69 Å². The fourth-order valence-corrected chi connectivity index (χ4v) is 4.04. The fourth-order valence-electron chi connectivity index (χ4n) is 3.20. The van der Waals surface area contributed by atoms with Crippen LogP contribution in [-0.2, 0) is 4.79 Å². The molecule has 0 saturated carbocycles. The van der Waals surface area contributed by atoms with Gasteiger partial charge in [0.25, 0.3) is 0 Å². The summed E-state index contributed by atoms with van der Waals surface area (Å²) in [7, 11) is 0. The van der Waals surface area contributed by atoms with Crippen LogP contribution in [0.15, 0.2) is 65.7 Å². The highest BCUT2D eigenvalue weighted by atomic mass is 32.1. The van der Waals surface area contributed by atoms with Crippen molar-refractivity contribution < 1.29 is 19.6 Å². The molecule has 6 heteroatoms. The second-order valence-electron chi connectivity index (χ2n) is 6.24. The largest absolute Gasteiger partial charge is 0.477 e. The standard InChI is InChI=1S/C21H16N2O3S/c1-2-23-11-16(21(25)26)19(24)15-9-8-14(10-18(15)23)17-12-27-20(22-17)13-6-4-3-5-7-13/h3-12H,2H2,1H3,(H,25,26)/p+1. The molecule has 0 fully saturated rings. The number of aromatic nitrogens is 1. The molecule has 2 N–H and O–H groups in total. The van der Waals surface area contributed by atoms with Gasteiger partial charge in [0.15, 0.2) is 5.57 Å². The van der Waals surface area contributed by atoms with Crippen LogP contribution in [0.25, 0.3) is 21.8 Å². The summed E-state index contributed by atoms with van der Waals surface area (Å²) in [6.07, 6.45) is 1.49. The summed E-state index contributed by atoms with van der Waals surface area (Å²) in [5.74, 6) is -1.63. The number of carbonyl (C=O) groups excluding carboxylic acids is 1. The van der Waals surface area contributed by atoms with E-state index in [1.165, 1.54) is 6.20 Å². The summed E-state index contributed by atoms with van der Waals surface area (Å²) in [5.41, 5.74) is 3.88. The quantitative estimate of drug-likeness (QED) is 0.685. The summed E-state index contributed by atoms with van der Waals surface area (Å²) < 4.78 is 0. The molecule has 1 aliphatic heterocycles. The topological polar surface area (TPSA) is 71.7 Å². The van der Waals surface area contributed by atoms with E-state index in [-0.39, 0.29) is 5.57 Å². The first-order chi connectivity index (χ1) is 13.1. The fraction of sp³-hybridized carbons (Fsp3) is 0.0952. The highest BCUT2D eigenvalue weighted by Gasteiger charge is 2.33. The van der Waals surface area contributed by atoms with Crippen molar-refractivity contribution in [1.29, 1.82) is 0 Å². The van der Waals surface area contributed by atoms with Gasteiger partial charge in [0.2, 0.25) is 5.78 Å². The Morgan fingerprint density at radius 3 is 2.63 bits per heavy atom. The van der Waals surface area contributed by atoms with Gasteiger partial charge in [-0.05, 0) is 13.0 Å². The van der Waals surface area contributed by atoms with E-state index in [1.807, 2.05) is 54.8 Å². The molecule has 1 unspecified atom stereocenters. The number of rotatable bonds is 4. The molecular weight excluding hydrogens is 360 g/mol. The molecule has 2 aromatic carbocycles. The maximum absolute atomic E-state index is 12.5. The van der Waals surface area contributed by atoms with Gasteiger partial charge >= 0.3 is 5.97 Å². The second-order valence-corrected chi connectivity index (χ2v) is 7.09. The van der Waals surface area contributed by atoms with Gasteiger partial charge in [0.05, 0.1) is 17.8 Å². The smallest absolute Gasteiger partial charge is 0.345 e. The van der Waals surface area contributed by atoms with Crippen molar-refractivity contribution in [2.45, 2.75) is 6.92 Å². The number of hydrogen-bond acceptors (Lipinski definition) is 4. The molecule has 2 heterocycles. The van der Waals surface area contributed by atoms with E-state index in [1.54, 1.807) is 17.4 Å². The van der Waals surface area contributed by atoms with E-state index >= 15 is 0 Å². The number of hydrogen-bond donors (Lipinski definition) is 2. The number of benzene rings is 2. The van der Waals surface area contributed by atoms with E-state index < -0.39 is 11.8 Å². The molecule has 1 atom stereocenters. The Hall–Kier alpha value is -3.09. The van der Waals surface area contributed by atoms with Crippen LogP contribution in [0, 0.1) is 0 Å². The van der Waals surface area contributed by atoms with Gasteiger partial charge in [-0.2, -0.15) is 0 Å². The number of carboxylic acid groups (broad SMARTS) is 1. The third-order valence-corrected chi connectivity index (χ3v) is 5.50. The summed E-state index contributed by atoms with van der Waals surface area (Å²) in [6, 6.07) is 15.5. The van der Waals surface area contributed by atoms with E-state index in [4.69, 9.17) is 4.98 Å². The molecule has 0 aliphatic carbocycles. The van der Waals surface area contributed by atoms with Crippen molar-refractivity contribution in [2.75, 3.05) is 6.54 Å². The number of aliphatic carboxylic acids is 1. The number of thiazole rings is 1. The Bertz CT molecular complexity index is 1070. The number of ketones is 1. The average molecular weight is 377 g/mol. The summed E-state index contributed by atoms with van der Waals surface area (Å²) in [4.78, 5) is 29.4. The van der Waals surface area contributed by atoms with E-state index in [2.05, 4.69) is 0 Å². The molecule has 1 aliphatic rings. The van der Waals surface area contributed by atoms with Crippen molar-refractivity contribution in [3.05, 3.63) is 71.2 Å². The molecule has 1 aromatic heterocycles. The number of Topliss-reactive ketones (excluding diaryl/α,β-unsaturated/α-hetero) is 1. The van der Waals surface area contributed by atoms with Gasteiger partial charge in [-0.15, -0.1) is 11.3 Å². The third kappa shape index (κ3) is 3.09. The van der Waals surface area contributed by atoms with Crippen LogP contribution < -0.4 is 4.90 Å². The first-order valence-electron chi connectivity index (χ1n) is 8.59. The minimum Gasteiger partial charge on any atom is -0.477 e. The van der Waals surface area contributed by atoms with E-state index in [0.717, 1.165) is 32.4 Å². The Morgan fingerprint density at radius 2 is 1.93 bits per heavy atom. The highest BCUT2D eigenvalue weighted by molar-refractivity contribution is 7.13. The van der Waals surface area contributed by atoms with Crippen LogP contribution >= 0.6 is 11.3 Å². The van der Waals surface area contributed by atoms with E-state index in [9.17, 15) is 14.7 Å². The van der Waals surface area contributed by atoms with Crippen LogP contribution in [0.5, 0.6) is 0 Å². The van der Waals surface area contributed by atoms with Gasteiger partial charge in [-0.25, -0.2) is 9.78 Å². The third-order valence-electron chi connectivity index (χ3n) is 4.61. The van der Waals surface area contributed by atoms with Crippen LogP contribution in [0.1, 0.15) is 17.3 Å². The zero-order valence-corrected chi connectivity index (χ0v) is 15.4. The van der Waals surface area contributed by atoms with Crippen molar-refractivity contribution in [1.82, 2.24) is 4.98 Å². The molecule has 3 aromatic rings. The Morgan fingerprint density at radius 1 is 1.15 bits per heavy atom. The van der Waals surface area contributed by atoms with Gasteiger partial charge in [-0.1, -0.05) is 36.4 Å². The number of nitrogens with zero attached hydrogens (tertiary/aromatic N) is 1. The molecule has 134 valence electrons. The predicted octanol–water partition coefficient (Wildman–Crippen LogP) is 3.18. The van der Waals surface area contributed by atoms with Crippen molar-refractivity contribution in [3.63, 3.8) is 0 Å². The monoisotopic (exact) mass is 377 g/mol. The normalized spacial score (nSPS) is 16.0. The molecule has 0 bridgehead atoms. The Balaban J connectivity index is 1.74. The van der Waals surface area contributed by atoms with Crippen LogP contribution in [0.3, 0.4) is 0 Å². The Kier molecular flexibility index (Phi) is 4.43. The molecule has 0 spiro atoms. The number of quaternary nitrogens is 1. The molecule has 5 nitrogen and oxygen atoms in total. The second kappa shape index (κ2) is 6.90. The number of fused-ring (bicyclic) bond motifs is 1. The molecule has 0 radical (unpaired) electrons. The molecule has 4 rings (SSSR count). The number of nitrogens with one attached hydrogen (secondary N) is 1. The number of carboxylic acids is 1. The molecular formula is C21H17N2O3S+. The van der Waals surface area contributed by atoms with E-state index in [0.29, 0.717) is 12.1 Å².